The summed E-state index contributed by atoms with van der Waals surface area (Å²) in [6.45, 7) is 6.70. The van der Waals surface area contributed by atoms with Crippen molar-refractivity contribution in [1.29, 1.82) is 0 Å². The number of ether oxygens (including phenoxy) is 9. The number of nitrogens with zero attached hydrogens (tertiary/aromatic N) is 5. The second-order valence-corrected chi connectivity index (χ2v) is 21.8. The minimum absolute atomic E-state index is 0.0122. The average Bonchev–Trinajstić information content (AvgIpc) is 2.10. The molecular weight excluding hydrogens is 1160 g/mol. The molecule has 4 aromatic rings. The van der Waals surface area contributed by atoms with Crippen LogP contribution in [0.1, 0.15) is 89.3 Å². The number of hydrogen-bond acceptors (Lipinski definition) is 28. The van der Waals surface area contributed by atoms with E-state index in [0.29, 0.717) is 34.1 Å². The molecule has 85 heavy (non-hydrogen) atoms. The molecule has 2 aliphatic carbocycles. The van der Waals surface area contributed by atoms with Crippen LogP contribution in [0.3, 0.4) is 0 Å². The molecule has 458 valence electrons. The number of nitrogens with one attached hydrogen (secondary N) is 4. The van der Waals surface area contributed by atoms with Crippen LogP contribution in [0.25, 0.3) is 11.0 Å². The topological polar surface area (TPSA) is 393 Å². The fourth-order valence-corrected chi connectivity index (χ4v) is 11.8. The van der Waals surface area contributed by atoms with Crippen molar-refractivity contribution < 1.29 is 95.3 Å². The smallest absolute Gasteiger partial charge is 0.408 e. The van der Waals surface area contributed by atoms with Crippen molar-refractivity contribution in [3.8, 4) is 0 Å². The molecule has 32 heteroatoms. The zero-order valence-electron chi connectivity index (χ0n) is 47.1. The first kappa shape index (κ1) is 64.3. The lowest BCUT2D eigenvalue weighted by Crippen LogP contribution is -2.63. The van der Waals surface area contributed by atoms with Crippen LogP contribution in [-0.2, 0) is 87.6 Å². The Bertz CT molecular complexity index is 3120. The lowest BCUT2D eigenvalue weighted by atomic mass is 9.85. The zero-order valence-corrected chi connectivity index (χ0v) is 48.7. The molecule has 2 bridgehead atoms. The number of rotatable bonds is 28. The van der Waals surface area contributed by atoms with Gasteiger partial charge in [0.2, 0.25) is 17.3 Å². The number of benzene rings is 2. The number of aromatic nitrogens is 4. The van der Waals surface area contributed by atoms with Gasteiger partial charge in [0, 0.05) is 57.7 Å². The third-order valence-corrected chi connectivity index (χ3v) is 15.6. The highest BCUT2D eigenvalue weighted by Crippen LogP contribution is 2.59. The molecule has 4 N–H and O–H groups in total. The SMILES string of the molecule is COC(=O)[C@H](C)NC(=O)[C@H](CSc1nnc(SCCO[C@@H]2O[C@H](COC(C)=O)[C@@H](OC(C)=O)[C@H](OC(C)=O)[C@H]2OC(C)=O)c2c1C1CC2C[C@@H]1COC(=O)CCNc1ccc([N+](=O)[O-])c2nonc12)NC(=O)[C@H](C)NC(=O)OCc1ccccc1. The summed E-state index contributed by atoms with van der Waals surface area (Å²) in [7, 11) is 1.15. The number of anilines is 1. The third kappa shape index (κ3) is 17.2. The third-order valence-electron chi connectivity index (χ3n) is 13.6. The number of amides is 3. The van der Waals surface area contributed by atoms with Crippen molar-refractivity contribution in [1.82, 2.24) is 36.5 Å². The van der Waals surface area contributed by atoms with Crippen molar-refractivity contribution in [3.63, 3.8) is 0 Å². The molecule has 1 saturated heterocycles. The summed E-state index contributed by atoms with van der Waals surface area (Å²) in [5, 5.41) is 39.7. The molecule has 3 amide bonds. The Labute approximate surface area is 493 Å². The predicted octanol–water partition coefficient (Wildman–Crippen LogP) is 3.32. The lowest BCUT2D eigenvalue weighted by Gasteiger charge is -2.44. The Kier molecular flexibility index (Phi) is 22.7. The summed E-state index contributed by atoms with van der Waals surface area (Å²) in [5.41, 5.74) is 2.41. The van der Waals surface area contributed by atoms with Crippen molar-refractivity contribution >= 4 is 99.7 Å². The summed E-state index contributed by atoms with van der Waals surface area (Å²) in [6, 6.07) is 7.88. The highest BCUT2D eigenvalue weighted by Gasteiger charge is 2.53. The number of carbonyl (C=O) groups is 9. The fraction of sp³-hybridized carbons (Fsp3) is 0.528. The van der Waals surface area contributed by atoms with E-state index in [2.05, 4.69) is 41.8 Å². The molecule has 2 unspecified atom stereocenters. The van der Waals surface area contributed by atoms with Gasteiger partial charge >= 0.3 is 47.6 Å². The molecule has 2 fully saturated rings. The van der Waals surface area contributed by atoms with Crippen LogP contribution in [0.15, 0.2) is 57.1 Å². The first-order chi connectivity index (χ1) is 40.6. The maximum atomic E-state index is 13.9. The molecule has 7 rings (SSSR count). The van der Waals surface area contributed by atoms with E-state index >= 15 is 0 Å². The molecule has 1 aliphatic heterocycles. The number of alkyl carbamates (subject to hydrolysis) is 1. The number of nitro groups is 1. The number of hydrogen-bond donors (Lipinski definition) is 4. The number of non-ortho nitro benzene ring substituents is 1. The standard InChI is InChI=1S/C53H63N9O21S2/c1-25(56-53(71)78-21-31-11-9-8-10-12-31)47(68)57-36(48(69)55-26(2)51(70)74-7)24-85-50-41-34-20-32(19-33(34)22-77-39(67)15-16-54-35-13-14-37(62(72)73)43-42(35)60-83-61-43)40(41)49(58-59-50)84-18-17-75-52-46(81-30(6)66)45(80-29(5)65)44(79-28(4)64)38(82-52)23-76-27(3)63/h8-14,25-26,32-34,36,38,44-46,52,54H,15-24H2,1-7H3,(H,55,69)(H,56,71)(H,57,68)/t25-,26-,32?,33+,34?,36-,38+,44+,45-,46+,52+/m0/s1. The minimum atomic E-state index is -1.46. The monoisotopic (exact) mass is 1230 g/mol. The van der Waals surface area contributed by atoms with Gasteiger partial charge in [-0.25, -0.2) is 14.2 Å². The van der Waals surface area contributed by atoms with E-state index in [9.17, 15) is 53.3 Å². The van der Waals surface area contributed by atoms with Gasteiger partial charge in [-0.15, -0.1) is 33.7 Å². The van der Waals surface area contributed by atoms with Crippen LogP contribution in [0, 0.1) is 16.0 Å². The summed E-state index contributed by atoms with van der Waals surface area (Å²) in [5.74, 6) is -6.51. The lowest BCUT2D eigenvalue weighted by molar-refractivity contribution is -0.383. The van der Waals surface area contributed by atoms with Gasteiger partial charge in [0.05, 0.1) is 37.4 Å². The van der Waals surface area contributed by atoms with E-state index in [0.717, 1.165) is 57.7 Å². The molecule has 0 spiro atoms. The Balaban J connectivity index is 1.09. The second-order valence-electron chi connectivity index (χ2n) is 19.7. The van der Waals surface area contributed by atoms with Crippen molar-refractivity contribution in [3.05, 3.63) is 69.3 Å². The Morgan fingerprint density at radius 2 is 1.42 bits per heavy atom. The predicted molar refractivity (Wildman–Crippen MR) is 293 cm³/mol. The number of carbonyl (C=O) groups excluding carboxylic acids is 9. The first-order valence-corrected chi connectivity index (χ1v) is 28.6. The molecule has 1 saturated carbocycles. The van der Waals surface area contributed by atoms with E-state index < -0.39 is 114 Å². The van der Waals surface area contributed by atoms with E-state index in [4.69, 9.17) is 47.3 Å². The Morgan fingerprint density at radius 3 is 2.11 bits per heavy atom. The fourth-order valence-electron chi connectivity index (χ4n) is 9.83. The Morgan fingerprint density at radius 1 is 0.741 bits per heavy atom. The van der Waals surface area contributed by atoms with Crippen LogP contribution in [0.4, 0.5) is 16.2 Å². The number of fused-ring (bicyclic) bond motifs is 6. The molecule has 3 heterocycles. The second kappa shape index (κ2) is 30.0. The van der Waals surface area contributed by atoms with Crippen LogP contribution in [-0.4, -0.2) is 173 Å². The molecule has 30 nitrogen and oxygen atoms in total. The maximum absolute atomic E-state index is 13.9. The Hall–Kier alpha value is -8.23. The first-order valence-electron chi connectivity index (χ1n) is 26.6. The largest absolute Gasteiger partial charge is 0.467 e. The molecule has 0 radical (unpaired) electrons. The van der Waals surface area contributed by atoms with Gasteiger partial charge in [0.1, 0.15) is 47.5 Å². The van der Waals surface area contributed by atoms with Crippen LogP contribution >= 0.6 is 23.5 Å². The highest BCUT2D eigenvalue weighted by molar-refractivity contribution is 7.99. The average molecular weight is 1230 g/mol. The van der Waals surface area contributed by atoms with E-state index in [1.807, 2.05) is 0 Å². The number of thioether (sulfide) groups is 2. The van der Waals surface area contributed by atoms with Crippen molar-refractivity contribution in [2.45, 2.75) is 138 Å². The highest BCUT2D eigenvalue weighted by atomic mass is 32.2. The van der Waals surface area contributed by atoms with Crippen molar-refractivity contribution in [2.75, 3.05) is 50.3 Å². The van der Waals surface area contributed by atoms with E-state index in [1.54, 1.807) is 30.3 Å². The minimum Gasteiger partial charge on any atom is -0.467 e. The van der Waals surface area contributed by atoms with Crippen LogP contribution in [0.5, 0.6) is 0 Å². The van der Waals surface area contributed by atoms with Gasteiger partial charge in [-0.3, -0.25) is 43.7 Å². The summed E-state index contributed by atoms with van der Waals surface area (Å²) in [4.78, 5) is 126. The van der Waals surface area contributed by atoms with E-state index in [1.165, 1.54) is 37.7 Å². The molecule has 2 aromatic heterocycles. The van der Waals surface area contributed by atoms with Gasteiger partial charge < -0.3 is 63.9 Å². The van der Waals surface area contributed by atoms with E-state index in [-0.39, 0.29) is 78.8 Å². The van der Waals surface area contributed by atoms with Gasteiger partial charge in [-0.1, -0.05) is 30.3 Å². The van der Waals surface area contributed by atoms with Crippen LogP contribution in [0.2, 0.25) is 0 Å². The van der Waals surface area contributed by atoms with Gasteiger partial charge in [0.25, 0.3) is 0 Å². The molecule has 3 aliphatic rings. The van der Waals surface area contributed by atoms with Crippen LogP contribution < -0.4 is 21.3 Å². The quantitative estimate of drug-likeness (QED) is 0.0158. The summed E-state index contributed by atoms with van der Waals surface area (Å²) >= 11 is 2.35. The number of nitro benzene ring substituents is 1. The number of methoxy groups -OCH3 is 1. The van der Waals surface area contributed by atoms with Gasteiger partial charge in [-0.2, -0.15) is 0 Å². The van der Waals surface area contributed by atoms with Gasteiger partial charge in [0.15, 0.2) is 30.1 Å². The van der Waals surface area contributed by atoms with Crippen molar-refractivity contribution in [2.24, 2.45) is 5.92 Å². The number of esters is 6. The maximum Gasteiger partial charge on any atom is 0.408 e. The van der Waals surface area contributed by atoms with Gasteiger partial charge in [-0.05, 0) is 71.6 Å². The summed E-state index contributed by atoms with van der Waals surface area (Å²) < 4.78 is 54.6. The molecule has 2 aromatic carbocycles. The zero-order chi connectivity index (χ0) is 61.5. The molecule has 11 atom stereocenters. The molecular formula is C53H63N9O21S2. The normalized spacial score (nSPS) is 21.2. The summed E-state index contributed by atoms with van der Waals surface area (Å²) in [6.07, 6.45) is -6.80.